The molecule has 1 aromatic rings. The van der Waals surface area contributed by atoms with E-state index >= 15 is 0 Å². The normalized spacial score (nSPS) is 10.8. The predicted molar refractivity (Wildman–Crippen MR) is 94.6 cm³/mol. The Bertz CT molecular complexity index is 383. The summed E-state index contributed by atoms with van der Waals surface area (Å²) in [7, 11) is 0. The lowest BCUT2D eigenvalue weighted by Crippen LogP contribution is -2.37. The summed E-state index contributed by atoms with van der Waals surface area (Å²) in [6.45, 7) is 6.71. The van der Waals surface area contributed by atoms with Crippen molar-refractivity contribution in [2.24, 2.45) is 4.99 Å². The average Bonchev–Trinajstić information content (AvgIpc) is 2.36. The molecule has 0 aliphatic carbocycles. The standard InChI is InChI=1S/C14H22ClN3.HI/c1-3-5-9-17-14(16-4-2)18-11-12-7-6-8-13(15)10-12;/h6-8,10H,3-5,9,11H2,1-2H3,(H2,16,17,18);1H. The highest BCUT2D eigenvalue weighted by molar-refractivity contribution is 14.0. The molecule has 0 aromatic heterocycles. The third-order valence-electron chi connectivity index (χ3n) is 2.48. The Morgan fingerprint density at radius 2 is 2.05 bits per heavy atom. The van der Waals surface area contributed by atoms with Crippen LogP contribution in [0.25, 0.3) is 0 Å². The summed E-state index contributed by atoms with van der Waals surface area (Å²) in [6, 6.07) is 7.80. The van der Waals surface area contributed by atoms with Gasteiger partial charge in [0.15, 0.2) is 5.96 Å². The smallest absolute Gasteiger partial charge is 0.191 e. The average molecular weight is 396 g/mol. The second-order valence-electron chi connectivity index (χ2n) is 4.11. The maximum Gasteiger partial charge on any atom is 0.191 e. The molecule has 19 heavy (non-hydrogen) atoms. The van der Waals surface area contributed by atoms with E-state index < -0.39 is 0 Å². The Balaban J connectivity index is 0.00000324. The lowest BCUT2D eigenvalue weighted by Gasteiger charge is -2.10. The van der Waals surface area contributed by atoms with Gasteiger partial charge in [-0.15, -0.1) is 24.0 Å². The van der Waals surface area contributed by atoms with Crippen molar-refractivity contribution in [2.45, 2.75) is 33.2 Å². The van der Waals surface area contributed by atoms with Gasteiger partial charge in [-0.2, -0.15) is 0 Å². The summed E-state index contributed by atoms with van der Waals surface area (Å²) >= 11 is 5.94. The number of hydrogen-bond donors (Lipinski definition) is 2. The fraction of sp³-hybridized carbons (Fsp3) is 0.500. The second-order valence-corrected chi connectivity index (χ2v) is 4.54. The molecule has 0 amide bonds. The molecule has 0 spiro atoms. The van der Waals surface area contributed by atoms with E-state index in [1.807, 2.05) is 24.3 Å². The third kappa shape index (κ3) is 8.31. The van der Waals surface area contributed by atoms with Crippen LogP contribution in [0.2, 0.25) is 5.02 Å². The van der Waals surface area contributed by atoms with Crippen LogP contribution < -0.4 is 10.6 Å². The highest BCUT2D eigenvalue weighted by Crippen LogP contribution is 2.11. The molecule has 0 heterocycles. The highest BCUT2D eigenvalue weighted by Gasteiger charge is 1.97. The molecule has 0 fully saturated rings. The number of hydrogen-bond acceptors (Lipinski definition) is 1. The first kappa shape index (κ1) is 18.5. The molecule has 0 aliphatic rings. The Kier molecular flexibility index (Phi) is 11.1. The number of nitrogens with zero attached hydrogens (tertiary/aromatic N) is 1. The maximum atomic E-state index is 5.94. The van der Waals surface area contributed by atoms with Crippen molar-refractivity contribution in [1.29, 1.82) is 0 Å². The molecule has 0 radical (unpaired) electrons. The second kappa shape index (κ2) is 11.3. The van der Waals surface area contributed by atoms with Crippen LogP contribution in [-0.2, 0) is 6.54 Å². The molecular formula is C14H23ClIN3. The van der Waals surface area contributed by atoms with E-state index in [0.29, 0.717) is 6.54 Å². The van der Waals surface area contributed by atoms with E-state index in [4.69, 9.17) is 11.6 Å². The monoisotopic (exact) mass is 395 g/mol. The molecule has 1 rings (SSSR count). The Morgan fingerprint density at radius 3 is 2.68 bits per heavy atom. The Hall–Kier alpha value is -0.490. The number of rotatable bonds is 6. The molecule has 0 unspecified atom stereocenters. The molecule has 2 N–H and O–H groups in total. The van der Waals surface area contributed by atoms with Crippen LogP contribution in [0.5, 0.6) is 0 Å². The largest absolute Gasteiger partial charge is 0.357 e. The number of guanidine groups is 1. The summed E-state index contributed by atoms with van der Waals surface area (Å²) in [4.78, 5) is 4.53. The molecule has 1 aromatic carbocycles. The molecule has 5 heteroatoms. The lowest BCUT2D eigenvalue weighted by molar-refractivity contribution is 0.730. The number of nitrogens with one attached hydrogen (secondary N) is 2. The minimum Gasteiger partial charge on any atom is -0.357 e. The van der Waals surface area contributed by atoms with Crippen molar-refractivity contribution in [3.8, 4) is 0 Å². The van der Waals surface area contributed by atoms with Crippen molar-refractivity contribution >= 4 is 41.5 Å². The van der Waals surface area contributed by atoms with Crippen molar-refractivity contribution in [3.63, 3.8) is 0 Å². The minimum atomic E-state index is 0. The Morgan fingerprint density at radius 1 is 1.26 bits per heavy atom. The summed E-state index contributed by atoms with van der Waals surface area (Å²) in [5.41, 5.74) is 1.12. The molecule has 0 aliphatic heterocycles. The molecular weight excluding hydrogens is 373 g/mol. The van der Waals surface area contributed by atoms with Gasteiger partial charge < -0.3 is 10.6 Å². The van der Waals surface area contributed by atoms with Crippen LogP contribution in [0.15, 0.2) is 29.3 Å². The zero-order valence-electron chi connectivity index (χ0n) is 11.6. The first-order valence-corrected chi connectivity index (χ1v) is 6.90. The van der Waals surface area contributed by atoms with Gasteiger partial charge >= 0.3 is 0 Å². The fourth-order valence-corrected chi connectivity index (χ4v) is 1.74. The van der Waals surface area contributed by atoms with E-state index in [1.54, 1.807) is 0 Å². The van der Waals surface area contributed by atoms with Crippen molar-refractivity contribution in [1.82, 2.24) is 10.6 Å². The lowest BCUT2D eigenvalue weighted by atomic mass is 10.2. The maximum absolute atomic E-state index is 5.94. The third-order valence-corrected chi connectivity index (χ3v) is 2.71. The summed E-state index contributed by atoms with van der Waals surface area (Å²) in [5, 5.41) is 7.30. The Labute approximate surface area is 138 Å². The summed E-state index contributed by atoms with van der Waals surface area (Å²) in [5.74, 6) is 0.867. The molecule has 108 valence electrons. The molecule has 0 atom stereocenters. The highest BCUT2D eigenvalue weighted by atomic mass is 127. The van der Waals surface area contributed by atoms with E-state index in [1.165, 1.54) is 6.42 Å². The predicted octanol–water partition coefficient (Wildman–Crippen LogP) is 3.81. The van der Waals surface area contributed by atoms with Crippen LogP contribution >= 0.6 is 35.6 Å². The molecule has 0 bridgehead atoms. The summed E-state index contributed by atoms with van der Waals surface area (Å²) in [6.07, 6.45) is 2.34. The number of benzene rings is 1. The first-order chi connectivity index (χ1) is 8.76. The van der Waals surface area contributed by atoms with Crippen LogP contribution in [-0.4, -0.2) is 19.0 Å². The van der Waals surface area contributed by atoms with Gasteiger partial charge in [-0.3, -0.25) is 0 Å². The first-order valence-electron chi connectivity index (χ1n) is 6.53. The van der Waals surface area contributed by atoms with Crippen LogP contribution in [0.1, 0.15) is 32.3 Å². The zero-order chi connectivity index (χ0) is 13.2. The quantitative estimate of drug-likeness (QED) is 0.332. The van der Waals surface area contributed by atoms with E-state index in [9.17, 15) is 0 Å². The number of halogens is 2. The van der Waals surface area contributed by atoms with Gasteiger partial charge in [0, 0.05) is 18.1 Å². The van der Waals surface area contributed by atoms with E-state index in [2.05, 4.69) is 29.5 Å². The van der Waals surface area contributed by atoms with Crippen molar-refractivity contribution in [2.75, 3.05) is 13.1 Å². The van der Waals surface area contributed by atoms with Crippen LogP contribution in [0, 0.1) is 0 Å². The van der Waals surface area contributed by atoms with E-state index in [0.717, 1.165) is 36.1 Å². The number of aliphatic imine (C=N–C) groups is 1. The van der Waals surface area contributed by atoms with Gasteiger partial charge in [-0.1, -0.05) is 37.1 Å². The van der Waals surface area contributed by atoms with Gasteiger partial charge in [0.05, 0.1) is 6.54 Å². The molecule has 0 saturated carbocycles. The van der Waals surface area contributed by atoms with Gasteiger partial charge in [0.2, 0.25) is 0 Å². The fourth-order valence-electron chi connectivity index (χ4n) is 1.53. The van der Waals surface area contributed by atoms with Gasteiger partial charge in [-0.05, 0) is 31.0 Å². The van der Waals surface area contributed by atoms with Gasteiger partial charge in [0.25, 0.3) is 0 Å². The topological polar surface area (TPSA) is 36.4 Å². The SMILES string of the molecule is CCCCNC(=NCc1cccc(Cl)c1)NCC.I. The molecule has 0 saturated heterocycles. The van der Waals surface area contributed by atoms with Crippen molar-refractivity contribution < 1.29 is 0 Å². The van der Waals surface area contributed by atoms with Crippen LogP contribution in [0.4, 0.5) is 0 Å². The van der Waals surface area contributed by atoms with Crippen molar-refractivity contribution in [3.05, 3.63) is 34.9 Å². The molecule has 3 nitrogen and oxygen atoms in total. The van der Waals surface area contributed by atoms with Crippen LogP contribution in [0.3, 0.4) is 0 Å². The summed E-state index contributed by atoms with van der Waals surface area (Å²) < 4.78 is 0. The van der Waals surface area contributed by atoms with Gasteiger partial charge in [-0.25, -0.2) is 4.99 Å². The number of unbranched alkanes of at least 4 members (excludes halogenated alkanes) is 1. The minimum absolute atomic E-state index is 0. The zero-order valence-corrected chi connectivity index (χ0v) is 14.7. The van der Waals surface area contributed by atoms with Gasteiger partial charge in [0.1, 0.15) is 0 Å². The van der Waals surface area contributed by atoms with E-state index in [-0.39, 0.29) is 24.0 Å².